The standard InChI is InChI=1S/6CN.Fe.4H3N.H2O/c6*1-2;;;;;;/h;;;;;;;4*1H3;1H2/q;;;;;;-4;;;;;/p+4. The van der Waals surface area contributed by atoms with Gasteiger partial charge in [0, 0.05) is 0 Å². The Morgan fingerprint density at radius 3 is 0.556 bits per heavy atom. The molecule has 12 heteroatoms. The van der Waals surface area contributed by atoms with E-state index in [4.69, 9.17) is 31.6 Å². The Kier molecular flexibility index (Phi) is 15.1. The molecule has 0 saturated carbocycles. The van der Waals surface area contributed by atoms with Crippen molar-refractivity contribution in [3.63, 3.8) is 0 Å². The van der Waals surface area contributed by atoms with E-state index >= 15 is 0 Å². The molecule has 106 valence electrons. The Morgan fingerprint density at radius 2 is 0.556 bits per heavy atom. The second-order valence-electron chi connectivity index (χ2n) is 1.80. The molecule has 0 heterocycles. The maximum Gasteiger partial charge on any atom is -0.369 e. The molecule has 0 saturated heterocycles. The molecule has 0 unspecified atom stereocenters. The van der Waals surface area contributed by atoms with Crippen molar-refractivity contribution >= 4 is 0 Å². The molecule has 0 radical (unpaired) electrons. The summed E-state index contributed by atoms with van der Waals surface area (Å²) < 4.78 is 0. The van der Waals surface area contributed by atoms with Crippen molar-refractivity contribution < 1.29 is 16.2 Å². The summed E-state index contributed by atoms with van der Waals surface area (Å²) in [5, 5.41) is 51.5. The summed E-state index contributed by atoms with van der Waals surface area (Å²) in [4.78, 5) is 6.19. The summed E-state index contributed by atoms with van der Waals surface area (Å²) in [7, 11) is -6.17. The molecule has 18 N–H and O–H groups in total. The van der Waals surface area contributed by atoms with Gasteiger partial charge >= 0.3 is 72.1 Å². The summed E-state index contributed by atoms with van der Waals surface area (Å²) in [5.41, 5.74) is 0. The van der Waals surface area contributed by atoms with Crippen molar-refractivity contribution in [3.8, 4) is 29.8 Å². The number of hydrogen-bond donors (Lipinski definition) is 4. The Balaban J connectivity index is -0.0000000720. The zero-order valence-electron chi connectivity index (χ0n) is 10.5. The molecule has 0 aliphatic heterocycles. The number of quaternary nitrogens is 4. The zero-order valence-corrected chi connectivity index (χ0v) is 11.6. The van der Waals surface area contributed by atoms with E-state index < -0.39 is 10.7 Å². The van der Waals surface area contributed by atoms with E-state index in [-0.39, 0.29) is 30.1 Å². The number of rotatable bonds is 0. The molecule has 0 atom stereocenters. The maximum atomic E-state index is 8.58. The van der Waals surface area contributed by atoms with E-state index in [1.807, 2.05) is 0 Å². The van der Waals surface area contributed by atoms with Crippen LogP contribution in [0, 0.1) is 61.4 Å². The minimum atomic E-state index is -6.17. The summed E-state index contributed by atoms with van der Waals surface area (Å²) in [5.74, 6) is 0. The molecule has 11 nitrogen and oxygen atoms in total. The summed E-state index contributed by atoms with van der Waals surface area (Å²) in [6.45, 7) is 0. The van der Waals surface area contributed by atoms with Crippen LogP contribution in [0.5, 0.6) is 0 Å². The molecule has 0 spiro atoms. The first kappa shape index (κ1) is 36.2. The van der Waals surface area contributed by atoms with Crippen molar-refractivity contribution in [2.45, 2.75) is 0 Å². The summed E-state index contributed by atoms with van der Waals surface area (Å²) in [6.07, 6.45) is 0. The normalized spacial score (nSPS) is 9.67. The molecular weight excluding hydrogens is 284 g/mol. The average Bonchev–Trinajstić information content (AvgIpc) is 2.26. The fraction of sp³-hybridized carbons (Fsp3) is 0. The van der Waals surface area contributed by atoms with Crippen LogP contribution in [0.4, 0.5) is 0 Å². The molecule has 0 aliphatic carbocycles. The first-order valence-corrected chi connectivity index (χ1v) is 5.71. The summed E-state index contributed by atoms with van der Waals surface area (Å²) >= 11 is 0. The monoisotopic (exact) mass is 302 g/mol. The van der Waals surface area contributed by atoms with Crippen LogP contribution in [0.2, 0.25) is 0 Å². The van der Waals surface area contributed by atoms with Crippen LogP contribution < -0.4 is 24.6 Å². The molecule has 0 rings (SSSR count). The predicted octanol–water partition coefficient (Wildman–Crippen LogP) is 0.778. The zero-order chi connectivity index (χ0) is 10.7. The Morgan fingerprint density at radius 1 is 0.444 bits per heavy atom. The van der Waals surface area contributed by atoms with Gasteiger partial charge in [-0.25, -0.2) is 0 Å². The van der Waals surface area contributed by atoms with Gasteiger partial charge in [0.1, 0.15) is 0 Å². The van der Waals surface area contributed by atoms with E-state index in [1.165, 1.54) is 0 Å². The first-order chi connectivity index (χ1) is 5.97. The Hall–Kier alpha value is -2.74. The fourth-order valence-corrected chi connectivity index (χ4v) is 1.09. The van der Waals surface area contributed by atoms with Crippen molar-refractivity contribution in [2.75, 3.05) is 0 Å². The topological polar surface area (TPSA) is 320 Å². The van der Waals surface area contributed by atoms with Gasteiger partial charge in [-0.05, 0) is 0 Å². The van der Waals surface area contributed by atoms with Crippen LogP contribution in [-0.4, -0.2) is 5.48 Å². The van der Waals surface area contributed by atoms with Crippen LogP contribution in [0.1, 0.15) is 0 Å². The second kappa shape index (κ2) is 7.52. The third-order valence-electron chi connectivity index (χ3n) is 1.19. The number of nitriles is 6. The van der Waals surface area contributed by atoms with Crippen molar-refractivity contribution in [1.82, 2.24) is 24.6 Å². The second-order valence-corrected chi connectivity index (χ2v) is 7.42. The van der Waals surface area contributed by atoms with E-state index in [0.29, 0.717) is 0 Å². The molecule has 0 fully saturated rings. The van der Waals surface area contributed by atoms with Gasteiger partial charge in [0.05, 0.1) is 0 Å². The minimum absolute atomic E-state index is 0. The smallest absolute Gasteiger partial charge is 0.369 e. The first-order valence-electron chi connectivity index (χ1n) is 2.40. The van der Waals surface area contributed by atoms with Gasteiger partial charge < -0.3 is 30.1 Å². The quantitative estimate of drug-likeness (QED) is 0.467. The van der Waals surface area contributed by atoms with Gasteiger partial charge in [-0.2, -0.15) is 0 Å². The van der Waals surface area contributed by atoms with E-state index in [1.54, 1.807) is 0 Å². The van der Waals surface area contributed by atoms with Gasteiger partial charge in [0.25, 0.3) is 0 Å². The van der Waals surface area contributed by atoms with Crippen LogP contribution in [0.15, 0.2) is 0 Å². The number of nitrogens with zero attached hydrogens (tertiary/aromatic N) is 6. The molecule has 0 aromatic heterocycles. The SMILES string of the molecule is N#[C][Fe-4]([C]#N)([C]#N)([C]#N)([C]#N)[C]#N.O.[NH4+].[NH4+].[NH4+].[NH4+]. The minimum Gasteiger partial charge on any atom is -0.412 e. The van der Waals surface area contributed by atoms with Crippen LogP contribution in [0.3, 0.4) is 0 Å². The predicted molar refractivity (Wildman–Crippen MR) is 61.2 cm³/mol. The van der Waals surface area contributed by atoms with Crippen molar-refractivity contribution in [3.05, 3.63) is 0 Å². The van der Waals surface area contributed by atoms with Gasteiger partial charge in [0.15, 0.2) is 0 Å². The summed E-state index contributed by atoms with van der Waals surface area (Å²) in [6, 6.07) is 0. The van der Waals surface area contributed by atoms with Crippen molar-refractivity contribution in [2.24, 2.45) is 0 Å². The fourth-order valence-electron chi connectivity index (χ4n) is 0.265. The molecule has 0 amide bonds. The average molecular weight is 302 g/mol. The molecule has 0 aromatic carbocycles. The maximum absolute atomic E-state index is 8.58. The van der Waals surface area contributed by atoms with E-state index in [0.717, 1.165) is 29.8 Å². The van der Waals surface area contributed by atoms with Gasteiger partial charge in [-0.15, -0.1) is 0 Å². The molecular formula is C6H18FeN10O. The molecule has 0 aliphatic rings. The third kappa shape index (κ3) is 2.68. The van der Waals surface area contributed by atoms with E-state index in [2.05, 4.69) is 0 Å². The molecule has 18 heavy (non-hydrogen) atoms. The van der Waals surface area contributed by atoms with Gasteiger partial charge in [0.2, 0.25) is 0 Å². The van der Waals surface area contributed by atoms with Crippen LogP contribution >= 0.6 is 0 Å². The van der Waals surface area contributed by atoms with Crippen molar-refractivity contribution in [1.29, 1.82) is 31.6 Å². The Labute approximate surface area is 103 Å². The molecule has 0 aromatic rings. The van der Waals surface area contributed by atoms with Gasteiger partial charge in [-0.3, -0.25) is 0 Å². The van der Waals surface area contributed by atoms with Crippen LogP contribution in [0.25, 0.3) is 0 Å². The Bertz CT molecular complexity index is 396. The van der Waals surface area contributed by atoms with E-state index in [9.17, 15) is 0 Å². The molecule has 0 bridgehead atoms. The van der Waals surface area contributed by atoms with Crippen LogP contribution in [-0.2, 0) is 10.7 Å². The third-order valence-corrected chi connectivity index (χ3v) is 4.89. The number of hydrogen-bond acceptors (Lipinski definition) is 6. The largest absolute Gasteiger partial charge is 0.412 e. The van der Waals surface area contributed by atoms with Gasteiger partial charge in [-0.1, -0.05) is 0 Å².